The van der Waals surface area contributed by atoms with Crippen LogP contribution in [0.3, 0.4) is 0 Å². The van der Waals surface area contributed by atoms with E-state index in [1.54, 1.807) is 0 Å². The maximum Gasteiger partial charge on any atom is 0.155 e. The average molecular weight is 257 g/mol. The van der Waals surface area contributed by atoms with Gasteiger partial charge in [-0.15, -0.1) is 10.2 Å². The van der Waals surface area contributed by atoms with Gasteiger partial charge in [0.05, 0.1) is 0 Å². The van der Waals surface area contributed by atoms with E-state index >= 15 is 0 Å². The first-order valence-corrected chi connectivity index (χ1v) is 6.04. The van der Waals surface area contributed by atoms with Crippen LogP contribution in [0.25, 0.3) is 0 Å². The number of aromatic nitrogens is 2. The SMILES string of the molecule is Cc1c(Cl)nnc(NCC(C)(C)N(C)C)c1C. The minimum atomic E-state index is 0.0572. The van der Waals surface area contributed by atoms with Gasteiger partial charge in [0.2, 0.25) is 0 Å². The van der Waals surface area contributed by atoms with Crippen molar-refractivity contribution in [2.24, 2.45) is 0 Å². The fourth-order valence-electron chi connectivity index (χ4n) is 1.20. The van der Waals surface area contributed by atoms with Crippen LogP contribution in [0, 0.1) is 13.8 Å². The number of nitrogens with one attached hydrogen (secondary N) is 1. The largest absolute Gasteiger partial charge is 0.367 e. The van der Waals surface area contributed by atoms with Crippen LogP contribution in [0.4, 0.5) is 5.82 Å². The van der Waals surface area contributed by atoms with Crippen molar-refractivity contribution in [2.45, 2.75) is 33.2 Å². The third-order valence-corrected chi connectivity index (χ3v) is 3.72. The lowest BCUT2D eigenvalue weighted by molar-refractivity contribution is 0.210. The monoisotopic (exact) mass is 256 g/mol. The lowest BCUT2D eigenvalue weighted by Gasteiger charge is -2.33. The highest BCUT2D eigenvalue weighted by Gasteiger charge is 2.20. The van der Waals surface area contributed by atoms with E-state index in [0.29, 0.717) is 5.15 Å². The van der Waals surface area contributed by atoms with E-state index in [-0.39, 0.29) is 5.54 Å². The van der Waals surface area contributed by atoms with E-state index in [9.17, 15) is 0 Å². The van der Waals surface area contributed by atoms with E-state index in [1.165, 1.54) is 0 Å². The van der Waals surface area contributed by atoms with Gasteiger partial charge in [0.15, 0.2) is 11.0 Å². The van der Waals surface area contributed by atoms with Crippen molar-refractivity contribution < 1.29 is 0 Å². The lowest BCUT2D eigenvalue weighted by Crippen LogP contribution is -2.44. The molecular weight excluding hydrogens is 236 g/mol. The molecule has 1 aromatic rings. The summed E-state index contributed by atoms with van der Waals surface area (Å²) >= 11 is 5.92. The van der Waals surface area contributed by atoms with E-state index in [2.05, 4.69) is 48.4 Å². The van der Waals surface area contributed by atoms with Crippen molar-refractivity contribution in [3.63, 3.8) is 0 Å². The molecule has 0 aliphatic rings. The summed E-state index contributed by atoms with van der Waals surface area (Å²) in [6.45, 7) is 9.10. The molecule has 1 heterocycles. The van der Waals surface area contributed by atoms with Gasteiger partial charge in [-0.05, 0) is 52.9 Å². The molecule has 0 aliphatic carbocycles. The van der Waals surface area contributed by atoms with Crippen LogP contribution in [0.2, 0.25) is 5.15 Å². The lowest BCUT2D eigenvalue weighted by atomic mass is 10.0. The normalized spacial score (nSPS) is 12.0. The molecule has 96 valence electrons. The van der Waals surface area contributed by atoms with Crippen molar-refractivity contribution in [2.75, 3.05) is 26.0 Å². The number of halogens is 1. The van der Waals surface area contributed by atoms with Crippen molar-refractivity contribution in [3.05, 3.63) is 16.3 Å². The van der Waals surface area contributed by atoms with Crippen LogP contribution in [0.15, 0.2) is 0 Å². The van der Waals surface area contributed by atoms with Gasteiger partial charge in [-0.25, -0.2) is 0 Å². The molecule has 1 aromatic heterocycles. The van der Waals surface area contributed by atoms with Gasteiger partial charge in [0, 0.05) is 12.1 Å². The van der Waals surface area contributed by atoms with E-state index in [4.69, 9.17) is 11.6 Å². The highest BCUT2D eigenvalue weighted by atomic mass is 35.5. The first-order valence-electron chi connectivity index (χ1n) is 5.66. The van der Waals surface area contributed by atoms with Crippen molar-refractivity contribution in [1.29, 1.82) is 0 Å². The van der Waals surface area contributed by atoms with Crippen LogP contribution in [0.1, 0.15) is 25.0 Å². The third kappa shape index (κ3) is 3.30. The van der Waals surface area contributed by atoms with Crippen molar-refractivity contribution >= 4 is 17.4 Å². The minimum Gasteiger partial charge on any atom is -0.367 e. The Balaban J connectivity index is 2.81. The summed E-state index contributed by atoms with van der Waals surface area (Å²) in [6, 6.07) is 0. The number of anilines is 1. The molecule has 0 saturated heterocycles. The quantitative estimate of drug-likeness (QED) is 0.899. The molecule has 0 spiro atoms. The summed E-state index contributed by atoms with van der Waals surface area (Å²) in [5.41, 5.74) is 2.09. The van der Waals surface area contributed by atoms with Gasteiger partial charge in [-0.1, -0.05) is 11.6 Å². The second-order valence-corrected chi connectivity index (χ2v) is 5.51. The number of hydrogen-bond acceptors (Lipinski definition) is 4. The maximum absolute atomic E-state index is 5.92. The predicted molar refractivity (Wildman–Crippen MR) is 72.8 cm³/mol. The van der Waals surface area contributed by atoms with Gasteiger partial charge in [0.25, 0.3) is 0 Å². The Kier molecular flexibility index (Phi) is 4.33. The summed E-state index contributed by atoms with van der Waals surface area (Å²) in [5, 5.41) is 11.8. The molecule has 5 heteroatoms. The topological polar surface area (TPSA) is 41.1 Å². The van der Waals surface area contributed by atoms with Gasteiger partial charge in [-0.2, -0.15) is 0 Å². The average Bonchev–Trinajstić information content (AvgIpc) is 2.25. The van der Waals surface area contributed by atoms with Crippen LogP contribution in [0.5, 0.6) is 0 Å². The van der Waals surface area contributed by atoms with Crippen LogP contribution in [-0.2, 0) is 0 Å². The third-order valence-electron chi connectivity index (χ3n) is 3.36. The number of rotatable bonds is 4. The maximum atomic E-state index is 5.92. The molecule has 0 bridgehead atoms. The second kappa shape index (κ2) is 5.19. The number of likely N-dealkylation sites (N-methyl/N-ethyl adjacent to an activating group) is 1. The molecule has 0 atom stereocenters. The molecule has 0 amide bonds. The molecular formula is C12H21ClN4. The van der Waals surface area contributed by atoms with Gasteiger partial charge in [0.1, 0.15) is 0 Å². The van der Waals surface area contributed by atoms with E-state index in [0.717, 1.165) is 23.5 Å². The fourth-order valence-corrected chi connectivity index (χ4v) is 1.38. The summed E-state index contributed by atoms with van der Waals surface area (Å²) < 4.78 is 0. The standard InChI is InChI=1S/C12H21ClN4/c1-8-9(2)11(16-15-10(8)13)14-7-12(3,4)17(5)6/h7H2,1-6H3,(H,14,16). The Morgan fingerprint density at radius 1 is 1.18 bits per heavy atom. The van der Waals surface area contributed by atoms with Crippen LogP contribution >= 0.6 is 11.6 Å². The first kappa shape index (κ1) is 14.2. The Morgan fingerprint density at radius 2 is 1.76 bits per heavy atom. The van der Waals surface area contributed by atoms with Gasteiger partial charge >= 0.3 is 0 Å². The highest BCUT2D eigenvalue weighted by Crippen LogP contribution is 2.21. The Labute approximate surface area is 108 Å². The van der Waals surface area contributed by atoms with Crippen molar-refractivity contribution in [3.8, 4) is 0 Å². The van der Waals surface area contributed by atoms with Crippen LogP contribution in [-0.4, -0.2) is 41.3 Å². The van der Waals surface area contributed by atoms with E-state index < -0.39 is 0 Å². The second-order valence-electron chi connectivity index (χ2n) is 5.15. The summed E-state index contributed by atoms with van der Waals surface area (Å²) in [5.74, 6) is 0.807. The Bertz CT molecular complexity index is 402. The molecule has 4 nitrogen and oxygen atoms in total. The minimum absolute atomic E-state index is 0.0572. The molecule has 0 radical (unpaired) electrons. The summed E-state index contributed by atoms with van der Waals surface area (Å²) in [6.07, 6.45) is 0. The number of hydrogen-bond donors (Lipinski definition) is 1. The van der Waals surface area contributed by atoms with E-state index in [1.807, 2.05) is 13.8 Å². The summed E-state index contributed by atoms with van der Waals surface area (Å²) in [4.78, 5) is 2.17. The predicted octanol–water partition coefficient (Wildman–Crippen LogP) is 2.50. The fraction of sp³-hybridized carbons (Fsp3) is 0.667. The molecule has 0 aromatic carbocycles. The smallest absolute Gasteiger partial charge is 0.155 e. The Hall–Kier alpha value is -0.870. The van der Waals surface area contributed by atoms with Crippen LogP contribution < -0.4 is 5.32 Å². The zero-order valence-corrected chi connectivity index (χ0v) is 12.2. The number of nitrogens with zero attached hydrogens (tertiary/aromatic N) is 3. The molecule has 0 aliphatic heterocycles. The molecule has 1 N–H and O–H groups in total. The zero-order chi connectivity index (χ0) is 13.2. The molecule has 0 saturated carbocycles. The van der Waals surface area contributed by atoms with Gasteiger partial charge < -0.3 is 10.2 Å². The highest BCUT2D eigenvalue weighted by molar-refractivity contribution is 6.30. The summed E-state index contributed by atoms with van der Waals surface area (Å²) in [7, 11) is 4.13. The molecule has 17 heavy (non-hydrogen) atoms. The Morgan fingerprint density at radius 3 is 2.29 bits per heavy atom. The van der Waals surface area contributed by atoms with Crippen molar-refractivity contribution in [1.82, 2.24) is 15.1 Å². The molecule has 0 unspecified atom stereocenters. The first-order chi connectivity index (χ1) is 7.75. The molecule has 1 rings (SSSR count). The molecule has 0 fully saturated rings. The van der Waals surface area contributed by atoms with Gasteiger partial charge in [-0.3, -0.25) is 0 Å². The zero-order valence-electron chi connectivity index (χ0n) is 11.4.